The molecule has 1 atom stereocenters. The summed E-state index contributed by atoms with van der Waals surface area (Å²) >= 11 is 0. The molecule has 0 radical (unpaired) electrons. The third-order valence-electron chi connectivity index (χ3n) is 6.74. The van der Waals surface area contributed by atoms with Crippen molar-refractivity contribution in [3.63, 3.8) is 0 Å². The van der Waals surface area contributed by atoms with Crippen molar-refractivity contribution in [1.82, 2.24) is 0 Å². The lowest BCUT2D eigenvalue weighted by Crippen LogP contribution is -2.56. The highest BCUT2D eigenvalue weighted by Crippen LogP contribution is 2.73. The molecule has 0 amide bonds. The molecule has 5 rings (SSSR count). The maximum absolute atomic E-state index is 11.4. The van der Waals surface area contributed by atoms with Gasteiger partial charge in [-0.1, -0.05) is 0 Å². The second-order valence-electron chi connectivity index (χ2n) is 7.67. The Hall–Kier alpha value is -0.570. The van der Waals surface area contributed by atoms with E-state index in [0.29, 0.717) is 5.41 Å². The second-order valence-corrected chi connectivity index (χ2v) is 7.67. The Labute approximate surface area is 108 Å². The zero-order chi connectivity index (χ0) is 12.5. The van der Waals surface area contributed by atoms with Crippen LogP contribution in [0.15, 0.2) is 0 Å². The number of nitrogens with two attached hydrogens (primary N) is 1. The van der Waals surface area contributed by atoms with Crippen LogP contribution in [0.1, 0.15) is 51.4 Å². The van der Waals surface area contributed by atoms with Crippen molar-refractivity contribution in [1.29, 1.82) is 0 Å². The Morgan fingerprint density at radius 2 is 1.50 bits per heavy atom. The number of rotatable bonds is 3. The zero-order valence-corrected chi connectivity index (χ0v) is 10.9. The highest BCUT2D eigenvalue weighted by Gasteiger charge is 2.68. The van der Waals surface area contributed by atoms with Crippen LogP contribution in [0.4, 0.5) is 0 Å². The lowest BCUT2D eigenvalue weighted by atomic mass is 9.44. The van der Waals surface area contributed by atoms with Crippen molar-refractivity contribution in [2.24, 2.45) is 34.3 Å². The smallest absolute Gasteiger partial charge is 0.321 e. The number of aliphatic carboxylic acids is 1. The normalized spacial score (nSPS) is 49.1. The Morgan fingerprint density at radius 3 is 1.83 bits per heavy atom. The first-order chi connectivity index (χ1) is 8.55. The first-order valence-corrected chi connectivity index (χ1v) is 7.53. The molecule has 4 bridgehead atoms. The van der Waals surface area contributed by atoms with Crippen LogP contribution in [-0.4, -0.2) is 17.1 Å². The Bertz CT molecular complexity index is 364. The number of carbonyl (C=O) groups is 1. The van der Waals surface area contributed by atoms with Crippen LogP contribution in [0.25, 0.3) is 0 Å². The van der Waals surface area contributed by atoms with Crippen molar-refractivity contribution in [2.75, 3.05) is 0 Å². The summed E-state index contributed by atoms with van der Waals surface area (Å²) in [5.74, 6) is 1.88. The molecule has 18 heavy (non-hydrogen) atoms. The summed E-state index contributed by atoms with van der Waals surface area (Å²) in [5.41, 5.74) is 6.35. The highest BCUT2D eigenvalue weighted by molar-refractivity contribution is 5.75. The van der Waals surface area contributed by atoms with Gasteiger partial charge in [0.25, 0.3) is 0 Å². The van der Waals surface area contributed by atoms with Crippen LogP contribution in [0.5, 0.6) is 0 Å². The van der Waals surface area contributed by atoms with Gasteiger partial charge < -0.3 is 10.8 Å². The number of carboxylic acids is 1. The summed E-state index contributed by atoms with van der Waals surface area (Å²) in [6, 6.07) is -0.617. The van der Waals surface area contributed by atoms with Gasteiger partial charge >= 0.3 is 5.97 Å². The predicted octanol–water partition coefficient (Wildman–Crippen LogP) is 2.39. The van der Waals surface area contributed by atoms with Gasteiger partial charge in [-0.15, -0.1) is 0 Å². The van der Waals surface area contributed by atoms with E-state index in [9.17, 15) is 9.90 Å². The summed E-state index contributed by atoms with van der Waals surface area (Å²) in [5, 5.41) is 9.33. The lowest BCUT2D eigenvalue weighted by molar-refractivity contribution is -0.149. The topological polar surface area (TPSA) is 63.3 Å². The summed E-state index contributed by atoms with van der Waals surface area (Å²) in [4.78, 5) is 11.4. The Kier molecular flexibility index (Phi) is 2.07. The van der Waals surface area contributed by atoms with Crippen LogP contribution >= 0.6 is 0 Å². The molecule has 5 aliphatic carbocycles. The minimum atomic E-state index is -0.775. The largest absolute Gasteiger partial charge is 0.480 e. The summed E-state index contributed by atoms with van der Waals surface area (Å²) in [7, 11) is 0. The fraction of sp³-hybridized carbons (Fsp3) is 0.933. The molecular weight excluding hydrogens is 226 g/mol. The quantitative estimate of drug-likeness (QED) is 0.807. The number of carboxylic acid groups (broad SMARTS) is 1. The van der Waals surface area contributed by atoms with E-state index in [1.807, 2.05) is 0 Å². The minimum Gasteiger partial charge on any atom is -0.480 e. The molecule has 5 aliphatic rings. The molecule has 3 N–H and O–H groups in total. The zero-order valence-electron chi connectivity index (χ0n) is 10.9. The van der Waals surface area contributed by atoms with Gasteiger partial charge in [-0.05, 0) is 74.5 Å². The molecule has 0 aromatic heterocycles. The Balaban J connectivity index is 1.70. The van der Waals surface area contributed by atoms with Crippen molar-refractivity contribution in [3.05, 3.63) is 0 Å². The van der Waals surface area contributed by atoms with Gasteiger partial charge in [-0.3, -0.25) is 4.79 Å². The molecule has 3 nitrogen and oxygen atoms in total. The van der Waals surface area contributed by atoms with Gasteiger partial charge in [-0.25, -0.2) is 0 Å². The van der Waals surface area contributed by atoms with E-state index in [1.54, 1.807) is 0 Å². The minimum absolute atomic E-state index is 0.0329. The SMILES string of the molecule is NC(C(=O)O)C1(C23CC4CC(CC(C4)C2)C3)CC1. The average molecular weight is 249 g/mol. The van der Waals surface area contributed by atoms with Gasteiger partial charge in [0.1, 0.15) is 6.04 Å². The van der Waals surface area contributed by atoms with Crippen molar-refractivity contribution in [2.45, 2.75) is 57.4 Å². The van der Waals surface area contributed by atoms with E-state index < -0.39 is 12.0 Å². The molecule has 5 saturated carbocycles. The molecule has 5 fully saturated rings. The third kappa shape index (κ3) is 1.26. The molecule has 1 unspecified atom stereocenters. The molecule has 0 heterocycles. The van der Waals surface area contributed by atoms with E-state index in [2.05, 4.69) is 0 Å². The van der Waals surface area contributed by atoms with Gasteiger partial charge in [0.15, 0.2) is 0 Å². The van der Waals surface area contributed by atoms with Crippen LogP contribution in [0.2, 0.25) is 0 Å². The highest BCUT2D eigenvalue weighted by atomic mass is 16.4. The molecule has 100 valence electrons. The summed E-state index contributed by atoms with van der Waals surface area (Å²) in [6.45, 7) is 0. The molecule has 0 saturated heterocycles. The van der Waals surface area contributed by atoms with Crippen LogP contribution in [0.3, 0.4) is 0 Å². The van der Waals surface area contributed by atoms with E-state index in [0.717, 1.165) is 30.6 Å². The first-order valence-electron chi connectivity index (χ1n) is 7.53. The summed E-state index contributed by atoms with van der Waals surface area (Å²) in [6.07, 6.45) is 10.2. The van der Waals surface area contributed by atoms with Crippen LogP contribution in [-0.2, 0) is 4.79 Å². The predicted molar refractivity (Wildman–Crippen MR) is 67.9 cm³/mol. The number of hydrogen-bond donors (Lipinski definition) is 2. The molecular formula is C15H23NO2. The Morgan fingerprint density at radius 1 is 1.06 bits per heavy atom. The van der Waals surface area contributed by atoms with E-state index in [4.69, 9.17) is 5.73 Å². The average Bonchev–Trinajstić information content (AvgIpc) is 3.07. The van der Waals surface area contributed by atoms with Crippen LogP contribution in [0, 0.1) is 28.6 Å². The maximum atomic E-state index is 11.4. The van der Waals surface area contributed by atoms with E-state index >= 15 is 0 Å². The van der Waals surface area contributed by atoms with Gasteiger partial charge in [0.05, 0.1) is 0 Å². The van der Waals surface area contributed by atoms with Crippen molar-refractivity contribution >= 4 is 5.97 Å². The molecule has 0 spiro atoms. The van der Waals surface area contributed by atoms with E-state index in [-0.39, 0.29) is 5.41 Å². The van der Waals surface area contributed by atoms with Gasteiger partial charge in [-0.2, -0.15) is 0 Å². The monoisotopic (exact) mass is 249 g/mol. The standard InChI is InChI=1S/C15H23NO2/c16-12(13(17)18)15(1-2-15)14-6-9-3-10(7-14)5-11(4-9)8-14/h9-12H,1-8,16H2,(H,17,18). The van der Waals surface area contributed by atoms with Gasteiger partial charge in [0, 0.05) is 5.41 Å². The number of hydrogen-bond acceptors (Lipinski definition) is 2. The third-order valence-corrected chi connectivity index (χ3v) is 6.74. The lowest BCUT2D eigenvalue weighted by Gasteiger charge is -2.60. The molecule has 0 aromatic carbocycles. The van der Waals surface area contributed by atoms with Crippen molar-refractivity contribution in [3.8, 4) is 0 Å². The fourth-order valence-corrected chi connectivity index (χ4v) is 6.26. The van der Waals surface area contributed by atoms with Crippen molar-refractivity contribution < 1.29 is 9.90 Å². The second kappa shape index (κ2) is 3.30. The fourth-order valence-electron chi connectivity index (χ4n) is 6.26. The maximum Gasteiger partial charge on any atom is 0.321 e. The molecule has 0 aliphatic heterocycles. The van der Waals surface area contributed by atoms with Gasteiger partial charge in [0.2, 0.25) is 0 Å². The molecule has 0 aromatic rings. The van der Waals surface area contributed by atoms with Crippen LogP contribution < -0.4 is 5.73 Å². The summed E-state index contributed by atoms with van der Waals surface area (Å²) < 4.78 is 0. The first kappa shape index (κ1) is 11.3. The van der Waals surface area contributed by atoms with E-state index in [1.165, 1.54) is 38.5 Å². The molecule has 3 heteroatoms.